The Kier molecular flexibility index (Phi) is 4.81. The molecule has 1 aliphatic heterocycles. The highest BCUT2D eigenvalue weighted by atomic mass is 35.5. The first-order chi connectivity index (χ1) is 8.56. The summed E-state index contributed by atoms with van der Waals surface area (Å²) in [6.07, 6.45) is -0.156. The number of benzene rings is 1. The van der Waals surface area contributed by atoms with E-state index in [1.54, 1.807) is 0 Å². The number of nitrogens with zero attached hydrogens (tertiary/aromatic N) is 1. The Labute approximate surface area is 122 Å². The van der Waals surface area contributed by atoms with E-state index in [0.717, 1.165) is 25.2 Å². The van der Waals surface area contributed by atoms with Gasteiger partial charge in [-0.1, -0.05) is 41.5 Å². The summed E-state index contributed by atoms with van der Waals surface area (Å²) in [7, 11) is 0. The zero-order chi connectivity index (χ0) is 13.1. The van der Waals surface area contributed by atoms with Crippen molar-refractivity contribution in [2.24, 2.45) is 5.73 Å². The highest BCUT2D eigenvalue weighted by Gasteiger charge is 2.22. The van der Waals surface area contributed by atoms with Gasteiger partial charge in [0.2, 0.25) is 0 Å². The van der Waals surface area contributed by atoms with E-state index in [1.165, 1.54) is 0 Å². The fourth-order valence-corrected chi connectivity index (χ4v) is 2.38. The van der Waals surface area contributed by atoms with E-state index in [4.69, 9.17) is 45.9 Å². The van der Waals surface area contributed by atoms with Crippen molar-refractivity contribution in [3.8, 4) is 0 Å². The lowest BCUT2D eigenvalue weighted by atomic mass is 10.2. The van der Waals surface area contributed by atoms with E-state index >= 15 is 0 Å². The molecule has 1 fully saturated rings. The Morgan fingerprint density at radius 1 is 1.44 bits per heavy atom. The fourth-order valence-electron chi connectivity index (χ4n) is 1.91. The van der Waals surface area contributed by atoms with Crippen molar-refractivity contribution in [2.45, 2.75) is 12.6 Å². The van der Waals surface area contributed by atoms with Gasteiger partial charge in [0, 0.05) is 19.6 Å². The van der Waals surface area contributed by atoms with Gasteiger partial charge in [0.15, 0.2) is 0 Å². The van der Waals surface area contributed by atoms with Crippen LogP contribution >= 0.6 is 35.4 Å². The van der Waals surface area contributed by atoms with Gasteiger partial charge < -0.3 is 10.5 Å². The molecule has 18 heavy (non-hydrogen) atoms. The number of halogens is 2. The van der Waals surface area contributed by atoms with Crippen LogP contribution in [0, 0.1) is 0 Å². The Morgan fingerprint density at radius 3 is 2.89 bits per heavy atom. The third-order valence-corrected chi connectivity index (χ3v) is 3.86. The number of thiocarbonyl (C=S) groups is 1. The highest BCUT2D eigenvalue weighted by Crippen LogP contribution is 2.23. The second-order valence-electron chi connectivity index (χ2n) is 4.25. The molecule has 0 amide bonds. The number of nitrogens with two attached hydrogens (primary N) is 1. The Bertz CT molecular complexity index is 456. The van der Waals surface area contributed by atoms with Crippen molar-refractivity contribution in [3.63, 3.8) is 0 Å². The summed E-state index contributed by atoms with van der Waals surface area (Å²) in [5.41, 5.74) is 6.73. The van der Waals surface area contributed by atoms with Crippen LogP contribution in [0.2, 0.25) is 10.0 Å². The van der Waals surface area contributed by atoms with Gasteiger partial charge in [-0.2, -0.15) is 0 Å². The minimum atomic E-state index is -0.156. The maximum Gasteiger partial charge on any atom is 0.120 e. The summed E-state index contributed by atoms with van der Waals surface area (Å²) in [5.74, 6) is 0. The summed E-state index contributed by atoms with van der Waals surface area (Å²) in [6.45, 7) is 3.01. The molecule has 0 radical (unpaired) electrons. The van der Waals surface area contributed by atoms with Crippen molar-refractivity contribution in [1.29, 1.82) is 0 Å². The van der Waals surface area contributed by atoms with Crippen molar-refractivity contribution >= 4 is 40.4 Å². The van der Waals surface area contributed by atoms with Crippen molar-refractivity contribution < 1.29 is 4.74 Å². The molecular formula is C12H14Cl2N2OS. The molecule has 0 aliphatic carbocycles. The summed E-state index contributed by atoms with van der Waals surface area (Å²) in [6, 6.07) is 5.67. The van der Waals surface area contributed by atoms with Gasteiger partial charge in [-0.25, -0.2) is 0 Å². The summed E-state index contributed by atoms with van der Waals surface area (Å²) in [4.78, 5) is 2.65. The van der Waals surface area contributed by atoms with Crippen molar-refractivity contribution in [2.75, 3.05) is 19.7 Å². The number of rotatable bonds is 3. The molecule has 6 heteroatoms. The van der Waals surface area contributed by atoms with Gasteiger partial charge >= 0.3 is 0 Å². The summed E-state index contributed by atoms with van der Waals surface area (Å²) >= 11 is 16.8. The zero-order valence-corrected chi connectivity index (χ0v) is 12.1. The maximum absolute atomic E-state index is 5.99. The van der Waals surface area contributed by atoms with Crippen molar-refractivity contribution in [3.05, 3.63) is 33.8 Å². The topological polar surface area (TPSA) is 38.5 Å². The molecular weight excluding hydrogens is 291 g/mol. The van der Waals surface area contributed by atoms with Crippen LogP contribution in [-0.2, 0) is 11.3 Å². The molecule has 98 valence electrons. The molecule has 1 saturated heterocycles. The molecule has 1 unspecified atom stereocenters. The van der Waals surface area contributed by atoms with Gasteiger partial charge in [-0.15, -0.1) is 0 Å². The molecule has 1 aromatic carbocycles. The lowest BCUT2D eigenvalue weighted by Gasteiger charge is -2.32. The molecule has 3 nitrogen and oxygen atoms in total. The number of morpholine rings is 1. The Morgan fingerprint density at radius 2 is 2.22 bits per heavy atom. The molecule has 1 heterocycles. The molecule has 1 atom stereocenters. The third-order valence-electron chi connectivity index (χ3n) is 2.86. The predicted octanol–water partition coefficient (Wildman–Crippen LogP) is 2.48. The van der Waals surface area contributed by atoms with Crippen molar-refractivity contribution in [1.82, 2.24) is 4.90 Å². The lowest BCUT2D eigenvalue weighted by Crippen LogP contribution is -2.47. The highest BCUT2D eigenvalue weighted by molar-refractivity contribution is 7.80. The van der Waals surface area contributed by atoms with E-state index in [2.05, 4.69) is 4.90 Å². The largest absolute Gasteiger partial charge is 0.391 e. The van der Waals surface area contributed by atoms with Gasteiger partial charge in [0.1, 0.15) is 11.1 Å². The molecule has 0 spiro atoms. The third kappa shape index (κ3) is 3.56. The second-order valence-corrected chi connectivity index (χ2v) is 5.53. The van der Waals surface area contributed by atoms with Crippen LogP contribution < -0.4 is 5.73 Å². The first kappa shape index (κ1) is 14.0. The Hall–Kier alpha value is -0.390. The average molecular weight is 305 g/mol. The monoisotopic (exact) mass is 304 g/mol. The average Bonchev–Trinajstić information content (AvgIpc) is 2.34. The smallest absolute Gasteiger partial charge is 0.120 e. The van der Waals surface area contributed by atoms with E-state index in [9.17, 15) is 0 Å². The summed E-state index contributed by atoms with van der Waals surface area (Å²) < 4.78 is 5.50. The van der Waals surface area contributed by atoms with E-state index in [1.807, 2.05) is 18.2 Å². The Balaban J connectivity index is 2.00. The molecule has 0 aromatic heterocycles. The predicted molar refractivity (Wildman–Crippen MR) is 78.3 cm³/mol. The second kappa shape index (κ2) is 6.17. The van der Waals surface area contributed by atoms with Crippen LogP contribution in [0.1, 0.15) is 5.56 Å². The normalized spacial score (nSPS) is 20.9. The van der Waals surface area contributed by atoms with E-state index in [0.29, 0.717) is 21.6 Å². The molecule has 1 aromatic rings. The first-order valence-electron chi connectivity index (χ1n) is 5.63. The van der Waals surface area contributed by atoms with Gasteiger partial charge in [-0.05, 0) is 17.7 Å². The van der Waals surface area contributed by atoms with Crippen LogP contribution in [0.5, 0.6) is 0 Å². The van der Waals surface area contributed by atoms with Crippen LogP contribution in [0.4, 0.5) is 0 Å². The standard InChI is InChI=1S/C12H14Cl2N2OS/c13-9-2-1-8(5-10(9)14)6-16-3-4-17-11(7-16)12(15)18/h1-2,5,11H,3-4,6-7H2,(H2,15,18). The molecule has 2 rings (SSSR count). The number of hydrogen-bond acceptors (Lipinski definition) is 3. The van der Waals surface area contributed by atoms with Crippen LogP contribution in [0.3, 0.4) is 0 Å². The van der Waals surface area contributed by atoms with Gasteiger partial charge in [-0.3, -0.25) is 4.90 Å². The quantitative estimate of drug-likeness (QED) is 0.871. The fraction of sp³-hybridized carbons (Fsp3) is 0.417. The maximum atomic E-state index is 5.99. The minimum absolute atomic E-state index is 0.156. The number of ether oxygens (including phenoxy) is 1. The molecule has 2 N–H and O–H groups in total. The van der Waals surface area contributed by atoms with Gasteiger partial charge in [0.25, 0.3) is 0 Å². The van der Waals surface area contributed by atoms with Crippen LogP contribution in [-0.4, -0.2) is 35.7 Å². The molecule has 1 aliphatic rings. The van der Waals surface area contributed by atoms with Gasteiger partial charge in [0.05, 0.1) is 16.7 Å². The lowest BCUT2D eigenvalue weighted by molar-refractivity contribution is 0.00391. The van der Waals surface area contributed by atoms with E-state index in [-0.39, 0.29) is 6.10 Å². The SMILES string of the molecule is NC(=S)C1CN(Cc2ccc(Cl)c(Cl)c2)CCO1. The van der Waals surface area contributed by atoms with Crippen LogP contribution in [0.25, 0.3) is 0 Å². The molecule has 0 bridgehead atoms. The first-order valence-corrected chi connectivity index (χ1v) is 6.80. The summed E-state index contributed by atoms with van der Waals surface area (Å²) in [5, 5.41) is 1.15. The molecule has 0 saturated carbocycles. The minimum Gasteiger partial charge on any atom is -0.391 e. The van der Waals surface area contributed by atoms with E-state index < -0.39 is 0 Å². The number of hydrogen-bond donors (Lipinski definition) is 1. The zero-order valence-electron chi connectivity index (χ0n) is 9.73. The van der Waals surface area contributed by atoms with Crippen LogP contribution in [0.15, 0.2) is 18.2 Å².